The van der Waals surface area contributed by atoms with Crippen molar-refractivity contribution < 1.29 is 19.4 Å². The molecule has 1 saturated carbocycles. The van der Waals surface area contributed by atoms with Crippen molar-refractivity contribution in [3.05, 3.63) is 0 Å². The van der Waals surface area contributed by atoms with Crippen LogP contribution in [0.3, 0.4) is 0 Å². The van der Waals surface area contributed by atoms with Crippen molar-refractivity contribution in [1.82, 2.24) is 10.2 Å². The number of nitrogens with one attached hydrogen (secondary N) is 1. The minimum absolute atomic E-state index is 0.0189. The zero-order valence-electron chi connectivity index (χ0n) is 10.9. The van der Waals surface area contributed by atoms with Gasteiger partial charge in [-0.25, -0.2) is 9.59 Å². The molecule has 2 bridgehead atoms. The molecule has 3 aliphatic rings. The quantitative estimate of drug-likeness (QED) is 0.794. The Kier molecular flexibility index (Phi) is 3.35. The number of urea groups is 1. The smallest absolute Gasteiger partial charge is 0.332 e. The van der Waals surface area contributed by atoms with Gasteiger partial charge in [-0.3, -0.25) is 0 Å². The van der Waals surface area contributed by atoms with E-state index in [1.165, 1.54) is 6.42 Å². The van der Waals surface area contributed by atoms with E-state index in [9.17, 15) is 9.59 Å². The number of carboxylic acid groups (broad SMARTS) is 1. The van der Waals surface area contributed by atoms with Gasteiger partial charge < -0.3 is 20.1 Å². The summed E-state index contributed by atoms with van der Waals surface area (Å²) < 4.78 is 5.37. The molecule has 0 aromatic rings. The molecule has 6 nitrogen and oxygen atoms in total. The average Bonchev–Trinajstić information content (AvgIpc) is 3.11. The maximum Gasteiger partial charge on any atom is 0.332 e. The first-order valence-corrected chi connectivity index (χ1v) is 7.06. The predicted octanol–water partition coefficient (Wildman–Crippen LogP) is 0.812. The lowest BCUT2D eigenvalue weighted by atomic mass is 10.1. The number of ether oxygens (including phenoxy) is 1. The first-order valence-electron chi connectivity index (χ1n) is 7.06. The molecule has 3 rings (SSSR count). The van der Waals surface area contributed by atoms with Crippen LogP contribution in [-0.2, 0) is 9.53 Å². The minimum Gasteiger partial charge on any atom is -0.479 e. The van der Waals surface area contributed by atoms with E-state index in [4.69, 9.17) is 9.84 Å². The molecule has 3 fully saturated rings. The fraction of sp³-hybridized carbons (Fsp3) is 0.846. The Morgan fingerprint density at radius 3 is 2.68 bits per heavy atom. The summed E-state index contributed by atoms with van der Waals surface area (Å²) in [5.41, 5.74) is 0. The van der Waals surface area contributed by atoms with Crippen molar-refractivity contribution in [1.29, 1.82) is 0 Å². The Morgan fingerprint density at radius 1 is 1.26 bits per heavy atom. The number of likely N-dealkylation sites (tertiary alicyclic amines) is 1. The summed E-state index contributed by atoms with van der Waals surface area (Å²) in [6.07, 6.45) is 3.89. The number of aliphatic carboxylic acids is 1. The molecule has 6 heteroatoms. The average molecular weight is 268 g/mol. The van der Waals surface area contributed by atoms with E-state index in [1.54, 1.807) is 0 Å². The molecule has 19 heavy (non-hydrogen) atoms. The fourth-order valence-electron chi connectivity index (χ4n) is 3.51. The van der Waals surface area contributed by atoms with E-state index in [2.05, 4.69) is 5.32 Å². The topological polar surface area (TPSA) is 78.9 Å². The van der Waals surface area contributed by atoms with Crippen LogP contribution in [0.2, 0.25) is 0 Å². The van der Waals surface area contributed by atoms with Crippen LogP contribution >= 0.6 is 0 Å². The van der Waals surface area contributed by atoms with Gasteiger partial charge in [0.15, 0.2) is 6.10 Å². The standard InChI is InChI=1S/C13H20N2O4/c16-12(17)11-4-3-10(19-11)6-14-13(18)15-7-8-1-2-9(15)5-8/h8-11H,1-7H2,(H,14,18)(H,16,17). The van der Waals surface area contributed by atoms with Crippen molar-refractivity contribution in [3.8, 4) is 0 Å². The van der Waals surface area contributed by atoms with Gasteiger partial charge in [0.05, 0.1) is 6.10 Å². The van der Waals surface area contributed by atoms with Crippen molar-refractivity contribution in [2.45, 2.75) is 50.4 Å². The molecule has 2 saturated heterocycles. The van der Waals surface area contributed by atoms with E-state index in [0.29, 0.717) is 31.3 Å². The van der Waals surface area contributed by atoms with Crippen molar-refractivity contribution in [3.63, 3.8) is 0 Å². The van der Waals surface area contributed by atoms with Gasteiger partial charge >= 0.3 is 12.0 Å². The molecule has 2 amide bonds. The Hall–Kier alpha value is -1.30. The highest BCUT2D eigenvalue weighted by Crippen LogP contribution is 2.37. The maximum absolute atomic E-state index is 12.1. The monoisotopic (exact) mass is 268 g/mol. The number of hydrogen-bond donors (Lipinski definition) is 2. The van der Waals surface area contributed by atoms with Crippen LogP contribution < -0.4 is 5.32 Å². The van der Waals surface area contributed by atoms with E-state index in [1.807, 2.05) is 4.90 Å². The first-order chi connectivity index (χ1) is 9.13. The largest absolute Gasteiger partial charge is 0.479 e. The van der Waals surface area contributed by atoms with Crippen molar-refractivity contribution in [2.75, 3.05) is 13.1 Å². The number of fused-ring (bicyclic) bond motifs is 2. The second kappa shape index (κ2) is 5.00. The number of carbonyl (C=O) groups excluding carboxylic acids is 1. The molecule has 0 aromatic heterocycles. The number of hydrogen-bond acceptors (Lipinski definition) is 3. The number of carboxylic acids is 1. The molecular weight excluding hydrogens is 248 g/mol. The molecule has 4 atom stereocenters. The first kappa shape index (κ1) is 12.7. The van der Waals surface area contributed by atoms with E-state index >= 15 is 0 Å². The SMILES string of the molecule is O=C(O)C1CCC(CNC(=O)N2CC3CCC2C3)O1. The molecule has 0 radical (unpaired) electrons. The number of carbonyl (C=O) groups is 2. The molecule has 106 valence electrons. The normalized spacial score (nSPS) is 36.7. The van der Waals surface area contributed by atoms with Gasteiger partial charge in [0, 0.05) is 19.1 Å². The number of amides is 2. The third kappa shape index (κ3) is 2.54. The van der Waals surface area contributed by atoms with Gasteiger partial charge in [-0.05, 0) is 38.0 Å². The highest BCUT2D eigenvalue weighted by atomic mass is 16.5. The van der Waals surface area contributed by atoms with Crippen LogP contribution in [0.5, 0.6) is 0 Å². The van der Waals surface area contributed by atoms with Gasteiger partial charge in [0.25, 0.3) is 0 Å². The van der Waals surface area contributed by atoms with E-state index < -0.39 is 12.1 Å². The third-order valence-corrected chi connectivity index (χ3v) is 4.53. The van der Waals surface area contributed by atoms with E-state index in [0.717, 1.165) is 19.4 Å². The second-order valence-corrected chi connectivity index (χ2v) is 5.83. The summed E-state index contributed by atoms with van der Waals surface area (Å²) in [5.74, 6) is -0.222. The Balaban J connectivity index is 1.43. The lowest BCUT2D eigenvalue weighted by molar-refractivity contribution is -0.149. The van der Waals surface area contributed by atoms with Crippen molar-refractivity contribution in [2.24, 2.45) is 5.92 Å². The molecule has 0 aromatic carbocycles. The lowest BCUT2D eigenvalue weighted by Crippen LogP contribution is -2.46. The molecule has 1 aliphatic carbocycles. The zero-order chi connectivity index (χ0) is 13.4. The van der Waals surface area contributed by atoms with Crippen LogP contribution in [0.25, 0.3) is 0 Å². The van der Waals surface area contributed by atoms with Crippen LogP contribution in [0.4, 0.5) is 4.79 Å². The van der Waals surface area contributed by atoms with E-state index in [-0.39, 0.29) is 12.1 Å². The van der Waals surface area contributed by atoms with Crippen LogP contribution in [-0.4, -0.2) is 53.3 Å². The summed E-state index contributed by atoms with van der Waals surface area (Å²) in [7, 11) is 0. The molecule has 4 unspecified atom stereocenters. The molecule has 2 N–H and O–H groups in total. The summed E-state index contributed by atoms with van der Waals surface area (Å²) in [4.78, 5) is 24.7. The van der Waals surface area contributed by atoms with Crippen molar-refractivity contribution >= 4 is 12.0 Å². The molecular formula is C13H20N2O4. The summed E-state index contributed by atoms with van der Waals surface area (Å²) in [5, 5.41) is 11.7. The Bertz CT molecular complexity index is 387. The molecule has 2 aliphatic heterocycles. The van der Waals surface area contributed by atoms with Crippen LogP contribution in [0.15, 0.2) is 0 Å². The highest BCUT2D eigenvalue weighted by molar-refractivity contribution is 5.75. The van der Waals surface area contributed by atoms with Crippen LogP contribution in [0.1, 0.15) is 32.1 Å². The minimum atomic E-state index is -0.911. The fourth-order valence-corrected chi connectivity index (χ4v) is 3.51. The van der Waals surface area contributed by atoms with Gasteiger partial charge in [0.2, 0.25) is 0 Å². The highest BCUT2D eigenvalue weighted by Gasteiger charge is 2.40. The third-order valence-electron chi connectivity index (χ3n) is 4.53. The number of nitrogens with zero attached hydrogens (tertiary/aromatic N) is 1. The number of rotatable bonds is 3. The zero-order valence-corrected chi connectivity index (χ0v) is 10.9. The predicted molar refractivity (Wildman–Crippen MR) is 66.8 cm³/mol. The molecule has 2 heterocycles. The van der Waals surface area contributed by atoms with Gasteiger partial charge in [0.1, 0.15) is 0 Å². The lowest BCUT2D eigenvalue weighted by Gasteiger charge is -2.27. The summed E-state index contributed by atoms with van der Waals surface area (Å²) in [6.45, 7) is 1.29. The van der Waals surface area contributed by atoms with Gasteiger partial charge in [-0.15, -0.1) is 0 Å². The summed E-state index contributed by atoms with van der Waals surface area (Å²) >= 11 is 0. The second-order valence-electron chi connectivity index (χ2n) is 5.83. The summed E-state index contributed by atoms with van der Waals surface area (Å²) in [6, 6.07) is 0.399. The number of piperidine rings is 1. The van der Waals surface area contributed by atoms with Gasteiger partial charge in [-0.2, -0.15) is 0 Å². The molecule has 0 spiro atoms. The maximum atomic E-state index is 12.1. The van der Waals surface area contributed by atoms with Gasteiger partial charge in [-0.1, -0.05) is 0 Å². The Morgan fingerprint density at radius 2 is 2.11 bits per heavy atom. The van der Waals surface area contributed by atoms with Crippen LogP contribution in [0, 0.1) is 5.92 Å². The Labute approximate surface area is 112 Å².